The van der Waals surface area contributed by atoms with Gasteiger partial charge in [0.2, 0.25) is 0 Å². The maximum atomic E-state index is 12.8. The Morgan fingerprint density at radius 3 is 2.56 bits per heavy atom. The summed E-state index contributed by atoms with van der Waals surface area (Å²) >= 11 is 0. The van der Waals surface area contributed by atoms with E-state index >= 15 is 0 Å². The van der Waals surface area contributed by atoms with Crippen molar-refractivity contribution in [3.8, 4) is 29.5 Å². The SMILES string of the molecule is C#CCc1cc(OC)c(O)c(-n2nc3ccc(C(F)(F)F)cc3n2)c1. The van der Waals surface area contributed by atoms with Gasteiger partial charge in [-0.05, 0) is 35.9 Å². The minimum Gasteiger partial charge on any atom is -0.503 e. The third-order valence-corrected chi connectivity index (χ3v) is 3.56. The second-order valence-corrected chi connectivity index (χ2v) is 5.24. The lowest BCUT2D eigenvalue weighted by atomic mass is 10.1. The number of fused-ring (bicyclic) bond motifs is 1. The highest BCUT2D eigenvalue weighted by Gasteiger charge is 2.31. The number of aromatic nitrogens is 3. The molecule has 2 aromatic carbocycles. The van der Waals surface area contributed by atoms with Crippen molar-refractivity contribution in [3.63, 3.8) is 0 Å². The van der Waals surface area contributed by atoms with Crippen LogP contribution in [-0.2, 0) is 12.6 Å². The third kappa shape index (κ3) is 3.08. The highest BCUT2D eigenvalue weighted by Crippen LogP contribution is 2.35. The molecule has 1 heterocycles. The first-order valence-electron chi connectivity index (χ1n) is 7.11. The van der Waals surface area contributed by atoms with Gasteiger partial charge < -0.3 is 9.84 Å². The number of terminal acetylenes is 1. The first-order valence-corrected chi connectivity index (χ1v) is 7.11. The lowest BCUT2D eigenvalue weighted by molar-refractivity contribution is -0.137. The number of hydrogen-bond acceptors (Lipinski definition) is 4. The van der Waals surface area contributed by atoms with Crippen molar-refractivity contribution in [2.75, 3.05) is 7.11 Å². The molecule has 0 saturated heterocycles. The summed E-state index contributed by atoms with van der Waals surface area (Å²) < 4.78 is 43.5. The van der Waals surface area contributed by atoms with Gasteiger partial charge in [-0.25, -0.2) is 0 Å². The summed E-state index contributed by atoms with van der Waals surface area (Å²) in [5.74, 6) is 2.40. The molecule has 0 saturated carbocycles. The van der Waals surface area contributed by atoms with Crippen LogP contribution in [0.2, 0.25) is 0 Å². The first kappa shape index (κ1) is 16.6. The highest BCUT2D eigenvalue weighted by molar-refractivity contribution is 5.75. The van der Waals surface area contributed by atoms with Gasteiger partial charge in [0.25, 0.3) is 0 Å². The van der Waals surface area contributed by atoms with Gasteiger partial charge >= 0.3 is 6.18 Å². The van der Waals surface area contributed by atoms with Gasteiger partial charge in [-0.2, -0.15) is 13.2 Å². The molecule has 0 unspecified atom stereocenters. The fourth-order valence-electron chi connectivity index (χ4n) is 2.38. The zero-order valence-corrected chi connectivity index (χ0v) is 13.0. The number of phenols is 1. The number of nitrogens with zero attached hydrogens (tertiary/aromatic N) is 3. The van der Waals surface area contributed by atoms with Crippen LogP contribution < -0.4 is 4.74 Å². The Balaban J connectivity index is 2.16. The molecular weight excluding hydrogens is 335 g/mol. The van der Waals surface area contributed by atoms with E-state index in [-0.39, 0.29) is 34.6 Å². The van der Waals surface area contributed by atoms with Crippen molar-refractivity contribution in [2.24, 2.45) is 0 Å². The first-order chi connectivity index (χ1) is 11.8. The van der Waals surface area contributed by atoms with Crippen molar-refractivity contribution >= 4 is 11.0 Å². The molecule has 1 N–H and O–H groups in total. The smallest absolute Gasteiger partial charge is 0.416 e. The van der Waals surface area contributed by atoms with Gasteiger partial charge in [-0.15, -0.1) is 27.3 Å². The zero-order chi connectivity index (χ0) is 18.2. The maximum Gasteiger partial charge on any atom is 0.416 e. The molecular formula is C17H12F3N3O2. The number of benzene rings is 2. The van der Waals surface area contributed by atoms with Gasteiger partial charge in [-0.3, -0.25) is 0 Å². The summed E-state index contributed by atoms with van der Waals surface area (Å²) in [4.78, 5) is 1.06. The summed E-state index contributed by atoms with van der Waals surface area (Å²) in [6.07, 6.45) is 1.10. The van der Waals surface area contributed by atoms with Crippen LogP contribution in [-0.4, -0.2) is 27.2 Å². The van der Waals surface area contributed by atoms with E-state index in [1.54, 1.807) is 12.1 Å². The monoisotopic (exact) mass is 347 g/mol. The van der Waals surface area contributed by atoms with Crippen LogP contribution in [0, 0.1) is 12.3 Å². The predicted molar refractivity (Wildman–Crippen MR) is 84.6 cm³/mol. The Morgan fingerprint density at radius 2 is 1.92 bits per heavy atom. The quantitative estimate of drug-likeness (QED) is 0.739. The molecule has 3 rings (SSSR count). The van der Waals surface area contributed by atoms with Crippen LogP contribution in [0.25, 0.3) is 16.7 Å². The molecule has 0 aliphatic carbocycles. The molecule has 0 aliphatic rings. The summed E-state index contributed by atoms with van der Waals surface area (Å²) in [6, 6.07) is 6.18. The Morgan fingerprint density at radius 1 is 1.20 bits per heavy atom. The maximum absolute atomic E-state index is 12.8. The van der Waals surface area contributed by atoms with Gasteiger partial charge in [0.05, 0.1) is 12.7 Å². The number of aromatic hydroxyl groups is 1. The normalized spacial score (nSPS) is 11.5. The van der Waals surface area contributed by atoms with Crippen LogP contribution in [0.5, 0.6) is 11.5 Å². The fourth-order valence-corrected chi connectivity index (χ4v) is 2.38. The number of rotatable bonds is 3. The van der Waals surface area contributed by atoms with Gasteiger partial charge in [0.1, 0.15) is 16.7 Å². The lowest BCUT2D eigenvalue weighted by Gasteiger charge is -2.10. The Hall–Kier alpha value is -3.21. The van der Waals surface area contributed by atoms with E-state index in [1.165, 1.54) is 13.2 Å². The minimum absolute atomic E-state index is 0.0514. The van der Waals surface area contributed by atoms with Gasteiger partial charge in [0.15, 0.2) is 11.5 Å². The van der Waals surface area contributed by atoms with E-state index in [2.05, 4.69) is 16.1 Å². The van der Waals surface area contributed by atoms with Crippen LogP contribution >= 0.6 is 0 Å². The van der Waals surface area contributed by atoms with E-state index < -0.39 is 11.7 Å². The van der Waals surface area contributed by atoms with Gasteiger partial charge in [0, 0.05) is 6.42 Å². The Kier molecular flexibility index (Phi) is 4.00. The van der Waals surface area contributed by atoms with Gasteiger partial charge in [-0.1, -0.05) is 0 Å². The molecule has 3 aromatic rings. The number of phenolic OH excluding ortho intramolecular Hbond substituents is 1. The topological polar surface area (TPSA) is 60.2 Å². The molecule has 0 bridgehead atoms. The summed E-state index contributed by atoms with van der Waals surface area (Å²) in [7, 11) is 1.38. The zero-order valence-electron chi connectivity index (χ0n) is 13.0. The number of ether oxygens (including phenoxy) is 1. The molecule has 0 fully saturated rings. The van der Waals surface area contributed by atoms with Crippen molar-refractivity contribution in [1.82, 2.24) is 15.0 Å². The van der Waals surface area contributed by atoms with E-state index in [1.807, 2.05) is 0 Å². The molecule has 25 heavy (non-hydrogen) atoms. The average molecular weight is 347 g/mol. The molecule has 1 aromatic heterocycles. The second kappa shape index (κ2) is 6.02. The highest BCUT2D eigenvalue weighted by atomic mass is 19.4. The number of halogens is 3. The molecule has 128 valence electrons. The molecule has 8 heteroatoms. The number of alkyl halides is 3. The largest absolute Gasteiger partial charge is 0.503 e. The van der Waals surface area contributed by atoms with Crippen LogP contribution in [0.1, 0.15) is 11.1 Å². The molecule has 0 radical (unpaired) electrons. The molecule has 0 amide bonds. The lowest BCUT2D eigenvalue weighted by Crippen LogP contribution is -2.04. The van der Waals surface area contributed by atoms with Crippen LogP contribution in [0.4, 0.5) is 13.2 Å². The van der Waals surface area contributed by atoms with E-state index in [0.29, 0.717) is 5.56 Å². The molecule has 5 nitrogen and oxygen atoms in total. The minimum atomic E-state index is -4.48. The molecule has 0 aliphatic heterocycles. The van der Waals surface area contributed by atoms with Crippen molar-refractivity contribution in [3.05, 3.63) is 41.5 Å². The summed E-state index contributed by atoms with van der Waals surface area (Å²) in [5, 5.41) is 18.4. The molecule has 0 atom stereocenters. The van der Waals surface area contributed by atoms with Crippen molar-refractivity contribution in [2.45, 2.75) is 12.6 Å². The summed E-state index contributed by atoms with van der Waals surface area (Å²) in [5.41, 5.74) is 0.318. The van der Waals surface area contributed by atoms with Crippen molar-refractivity contribution in [1.29, 1.82) is 0 Å². The van der Waals surface area contributed by atoms with Crippen molar-refractivity contribution < 1.29 is 23.0 Å². The fraction of sp³-hybridized carbons (Fsp3) is 0.176. The third-order valence-electron chi connectivity index (χ3n) is 3.56. The van der Waals surface area contributed by atoms with E-state index in [4.69, 9.17) is 11.2 Å². The Labute approximate surface area is 140 Å². The standard InChI is InChI=1S/C17H12F3N3O2/c1-3-4-10-7-14(16(24)15(8-10)25-2)23-21-12-6-5-11(17(18,19)20)9-13(12)22-23/h1,5-9,24H,4H2,2H3. The predicted octanol–water partition coefficient (Wildman–Crippen LogP) is 3.33. The summed E-state index contributed by atoms with van der Waals surface area (Å²) in [6.45, 7) is 0. The van der Waals surface area contributed by atoms with E-state index in [0.717, 1.165) is 16.9 Å². The number of methoxy groups -OCH3 is 1. The van der Waals surface area contributed by atoms with Crippen LogP contribution in [0.3, 0.4) is 0 Å². The van der Waals surface area contributed by atoms with E-state index in [9.17, 15) is 18.3 Å². The number of hydrogen-bond donors (Lipinski definition) is 1. The molecule has 0 spiro atoms. The van der Waals surface area contributed by atoms with Crippen LogP contribution in [0.15, 0.2) is 30.3 Å². The Bertz CT molecular complexity index is 987. The average Bonchev–Trinajstić information content (AvgIpc) is 2.98. The second-order valence-electron chi connectivity index (χ2n) is 5.24.